The molecule has 2 aliphatic rings. The van der Waals surface area contributed by atoms with Crippen molar-refractivity contribution in [3.8, 4) is 5.75 Å². The van der Waals surface area contributed by atoms with Crippen molar-refractivity contribution in [1.82, 2.24) is 10.2 Å². The number of piperidine rings is 1. The number of nitrogens with zero attached hydrogens (tertiary/aromatic N) is 1. The van der Waals surface area contributed by atoms with Gasteiger partial charge in [0.1, 0.15) is 5.75 Å². The number of imide groups is 1. The third-order valence-electron chi connectivity index (χ3n) is 7.54. The average Bonchev–Trinajstić information content (AvgIpc) is 2.69. The molecule has 170 valence electrons. The van der Waals surface area contributed by atoms with Crippen molar-refractivity contribution in [2.75, 3.05) is 13.1 Å². The standard InChI is InChI=1S/C24H35N3O4/c1-15(2)8-11-27-12-10-23(20-13-19(28)6-5-16(20)3)14-18(21(29)26-22(25)30)7-9-24(23,31)17(27)4/h5-6,13,17-18,28,31H,1,7-12,14H2,2-4H3,(H3,25,26,29,30). The van der Waals surface area contributed by atoms with Crippen LogP contribution in [0, 0.1) is 12.8 Å². The first-order chi connectivity index (χ1) is 14.5. The van der Waals surface area contributed by atoms with E-state index in [-0.39, 0.29) is 11.8 Å². The second-order valence-electron chi connectivity index (χ2n) is 9.47. The van der Waals surface area contributed by atoms with Crippen LogP contribution in [0.4, 0.5) is 4.79 Å². The Bertz CT molecular complexity index is 886. The second-order valence-corrected chi connectivity index (χ2v) is 9.47. The SMILES string of the molecule is C=C(C)CCN1CCC2(c3cc(O)ccc3C)CC(C(=O)NC(N)=O)CCC2(O)C1C. The predicted octanol–water partition coefficient (Wildman–Crippen LogP) is 2.72. The molecule has 1 aliphatic carbocycles. The Hall–Kier alpha value is -2.38. The number of phenolic OH excluding ortho intramolecular Hbond substituents is 1. The number of primary amides is 1. The van der Waals surface area contributed by atoms with Crippen molar-refractivity contribution in [2.24, 2.45) is 11.7 Å². The molecule has 0 bridgehead atoms. The number of nitrogens with one attached hydrogen (secondary N) is 1. The number of aromatic hydroxyl groups is 1. The molecule has 2 fully saturated rings. The molecule has 3 amide bonds. The summed E-state index contributed by atoms with van der Waals surface area (Å²) in [5.74, 6) is -0.703. The number of likely N-dealkylation sites (tertiary alicyclic amines) is 1. The Balaban J connectivity index is 2.04. The molecule has 1 heterocycles. The first-order valence-electron chi connectivity index (χ1n) is 11.0. The largest absolute Gasteiger partial charge is 0.508 e. The van der Waals surface area contributed by atoms with E-state index in [0.29, 0.717) is 25.7 Å². The van der Waals surface area contributed by atoms with Gasteiger partial charge >= 0.3 is 6.03 Å². The topological polar surface area (TPSA) is 116 Å². The number of phenols is 1. The molecule has 0 aromatic heterocycles. The highest BCUT2D eigenvalue weighted by Gasteiger charge is 2.61. The third-order valence-corrected chi connectivity index (χ3v) is 7.54. The summed E-state index contributed by atoms with van der Waals surface area (Å²) in [6.07, 6.45) is 2.79. The Morgan fingerprint density at radius 2 is 2.06 bits per heavy atom. The smallest absolute Gasteiger partial charge is 0.318 e. The van der Waals surface area contributed by atoms with Gasteiger partial charge in [-0.1, -0.05) is 11.6 Å². The first-order valence-corrected chi connectivity index (χ1v) is 11.0. The van der Waals surface area contributed by atoms with E-state index >= 15 is 0 Å². The number of aryl methyl sites for hydroxylation is 1. The van der Waals surface area contributed by atoms with E-state index in [1.165, 1.54) is 0 Å². The number of urea groups is 1. The van der Waals surface area contributed by atoms with Gasteiger partial charge in [0.25, 0.3) is 0 Å². The number of benzene rings is 1. The van der Waals surface area contributed by atoms with Gasteiger partial charge in [-0.2, -0.15) is 0 Å². The number of hydrogen-bond donors (Lipinski definition) is 4. The van der Waals surface area contributed by atoms with Gasteiger partial charge in [-0.05, 0) is 82.7 Å². The van der Waals surface area contributed by atoms with Gasteiger partial charge in [-0.15, -0.1) is 6.58 Å². The zero-order valence-electron chi connectivity index (χ0n) is 18.8. The Morgan fingerprint density at radius 3 is 2.71 bits per heavy atom. The molecule has 3 rings (SSSR count). The van der Waals surface area contributed by atoms with Gasteiger partial charge in [0.05, 0.1) is 5.60 Å². The van der Waals surface area contributed by atoms with Crippen LogP contribution in [-0.2, 0) is 10.2 Å². The molecular weight excluding hydrogens is 394 g/mol. The molecular formula is C24H35N3O4. The molecule has 31 heavy (non-hydrogen) atoms. The van der Waals surface area contributed by atoms with Crippen LogP contribution in [0.2, 0.25) is 0 Å². The fourth-order valence-electron chi connectivity index (χ4n) is 5.78. The quantitative estimate of drug-likeness (QED) is 0.537. The summed E-state index contributed by atoms with van der Waals surface area (Å²) in [7, 11) is 0. The second kappa shape index (κ2) is 8.63. The lowest BCUT2D eigenvalue weighted by Crippen LogP contribution is -2.70. The number of carbonyl (C=O) groups is 2. The van der Waals surface area contributed by atoms with E-state index in [1.54, 1.807) is 12.1 Å². The monoisotopic (exact) mass is 429 g/mol. The van der Waals surface area contributed by atoms with E-state index in [0.717, 1.165) is 36.2 Å². The highest BCUT2D eigenvalue weighted by atomic mass is 16.3. The summed E-state index contributed by atoms with van der Waals surface area (Å²) >= 11 is 0. The lowest BCUT2D eigenvalue weighted by molar-refractivity contribution is -0.166. The highest BCUT2D eigenvalue weighted by Crippen LogP contribution is 2.56. The Morgan fingerprint density at radius 1 is 1.35 bits per heavy atom. The van der Waals surface area contributed by atoms with Crippen molar-refractivity contribution < 1.29 is 19.8 Å². The minimum atomic E-state index is -1.08. The third kappa shape index (κ3) is 4.21. The number of rotatable bonds is 5. The Kier molecular flexibility index (Phi) is 6.48. The van der Waals surface area contributed by atoms with Gasteiger partial charge in [0.15, 0.2) is 0 Å². The predicted molar refractivity (Wildman–Crippen MR) is 120 cm³/mol. The summed E-state index contributed by atoms with van der Waals surface area (Å²) in [5.41, 5.74) is 6.32. The normalized spacial score (nSPS) is 31.0. The summed E-state index contributed by atoms with van der Waals surface area (Å²) in [6.45, 7) is 11.6. The van der Waals surface area contributed by atoms with Crippen LogP contribution in [0.3, 0.4) is 0 Å². The fourth-order valence-corrected chi connectivity index (χ4v) is 5.78. The van der Waals surface area contributed by atoms with Gasteiger partial charge in [0.2, 0.25) is 5.91 Å². The first kappa shape index (κ1) is 23.3. The van der Waals surface area contributed by atoms with Crippen molar-refractivity contribution >= 4 is 11.9 Å². The van der Waals surface area contributed by atoms with Crippen molar-refractivity contribution in [3.05, 3.63) is 41.5 Å². The van der Waals surface area contributed by atoms with Crippen LogP contribution in [0.25, 0.3) is 0 Å². The maximum absolute atomic E-state index is 12.7. The van der Waals surface area contributed by atoms with Gasteiger partial charge in [0, 0.05) is 23.9 Å². The molecule has 7 heteroatoms. The molecule has 4 unspecified atom stereocenters. The average molecular weight is 430 g/mol. The zero-order chi connectivity index (χ0) is 23.0. The van der Waals surface area contributed by atoms with Crippen LogP contribution < -0.4 is 11.1 Å². The van der Waals surface area contributed by atoms with E-state index in [1.807, 2.05) is 26.8 Å². The summed E-state index contributed by atoms with van der Waals surface area (Å²) in [4.78, 5) is 26.2. The lowest BCUT2D eigenvalue weighted by Gasteiger charge is -2.61. The van der Waals surface area contributed by atoms with Crippen LogP contribution in [0.5, 0.6) is 5.75 Å². The number of nitrogens with two attached hydrogens (primary N) is 1. The van der Waals surface area contributed by atoms with E-state index in [4.69, 9.17) is 5.73 Å². The fraction of sp³-hybridized carbons (Fsp3) is 0.583. The van der Waals surface area contributed by atoms with Crippen LogP contribution in [0.15, 0.2) is 30.4 Å². The number of amides is 3. The van der Waals surface area contributed by atoms with Crippen LogP contribution in [-0.4, -0.2) is 51.8 Å². The summed E-state index contributed by atoms with van der Waals surface area (Å²) in [5, 5.41) is 24.7. The minimum absolute atomic E-state index is 0.137. The maximum atomic E-state index is 12.7. The number of carbonyl (C=O) groups excluding carboxylic acids is 2. The van der Waals surface area contributed by atoms with Gasteiger partial charge < -0.3 is 15.9 Å². The van der Waals surface area contributed by atoms with Crippen LogP contribution in [0.1, 0.15) is 57.1 Å². The zero-order valence-corrected chi connectivity index (χ0v) is 18.8. The molecule has 5 N–H and O–H groups in total. The van der Waals surface area contributed by atoms with E-state index in [2.05, 4.69) is 16.8 Å². The molecule has 1 aromatic carbocycles. The Labute approximate surface area is 184 Å². The molecule has 1 aliphatic heterocycles. The maximum Gasteiger partial charge on any atom is 0.318 e. The highest BCUT2D eigenvalue weighted by molar-refractivity contribution is 5.94. The molecule has 7 nitrogen and oxygen atoms in total. The van der Waals surface area contributed by atoms with Crippen molar-refractivity contribution in [1.29, 1.82) is 0 Å². The van der Waals surface area contributed by atoms with Gasteiger partial charge in [-0.25, -0.2) is 4.79 Å². The summed E-state index contributed by atoms with van der Waals surface area (Å²) < 4.78 is 0. The van der Waals surface area contributed by atoms with Crippen LogP contribution >= 0.6 is 0 Å². The molecule has 4 atom stereocenters. The number of fused-ring (bicyclic) bond motifs is 1. The lowest BCUT2D eigenvalue weighted by atomic mass is 9.51. The molecule has 1 aromatic rings. The van der Waals surface area contributed by atoms with Crippen molar-refractivity contribution in [3.63, 3.8) is 0 Å². The van der Waals surface area contributed by atoms with Gasteiger partial charge in [-0.3, -0.25) is 15.0 Å². The van der Waals surface area contributed by atoms with E-state index in [9.17, 15) is 19.8 Å². The minimum Gasteiger partial charge on any atom is -0.508 e. The molecule has 0 radical (unpaired) electrons. The van der Waals surface area contributed by atoms with E-state index < -0.39 is 28.9 Å². The number of aliphatic hydroxyl groups is 1. The molecule has 1 saturated heterocycles. The molecule has 0 spiro atoms. The number of hydrogen-bond acceptors (Lipinski definition) is 5. The molecule has 1 saturated carbocycles. The summed E-state index contributed by atoms with van der Waals surface area (Å²) in [6, 6.07) is 4.22. The van der Waals surface area contributed by atoms with Crippen molar-refractivity contribution in [2.45, 2.75) is 69.9 Å².